The molecule has 2 rings (SSSR count). The molecule has 0 saturated carbocycles. The molecular weight excluding hydrogens is 358 g/mol. The summed E-state index contributed by atoms with van der Waals surface area (Å²) in [6.07, 6.45) is -0.905. The highest BCUT2D eigenvalue weighted by molar-refractivity contribution is 7.92. The van der Waals surface area contributed by atoms with Crippen molar-refractivity contribution in [1.29, 1.82) is 0 Å². The second kappa shape index (κ2) is 8.26. The minimum Gasteiger partial charge on any atom is -0.390 e. The van der Waals surface area contributed by atoms with E-state index in [-0.39, 0.29) is 17.1 Å². The summed E-state index contributed by atoms with van der Waals surface area (Å²) in [5, 5.41) is 21.0. The molecule has 0 aliphatic carbocycles. The topological polar surface area (TPSA) is 104 Å². The number of aliphatic hydroxyl groups excluding tert-OH is 1. The molecule has 1 unspecified atom stereocenters. The van der Waals surface area contributed by atoms with Crippen LogP contribution < -0.4 is 4.31 Å². The van der Waals surface area contributed by atoms with Gasteiger partial charge in [-0.2, -0.15) is 0 Å². The van der Waals surface area contributed by atoms with E-state index in [1.165, 1.54) is 12.1 Å². The molecule has 0 saturated heterocycles. The van der Waals surface area contributed by atoms with Crippen molar-refractivity contribution >= 4 is 21.4 Å². The fourth-order valence-corrected chi connectivity index (χ4v) is 3.98. The molecule has 8 nitrogen and oxygen atoms in total. The van der Waals surface area contributed by atoms with E-state index in [9.17, 15) is 23.6 Å². The van der Waals surface area contributed by atoms with Gasteiger partial charge in [-0.05, 0) is 38.4 Å². The minimum atomic E-state index is -4.00. The molecule has 1 atom stereocenters. The van der Waals surface area contributed by atoms with E-state index < -0.39 is 21.1 Å². The second-order valence-electron chi connectivity index (χ2n) is 6.04. The van der Waals surface area contributed by atoms with Crippen LogP contribution in [0.4, 0.5) is 11.4 Å². The van der Waals surface area contributed by atoms with Crippen LogP contribution in [-0.4, -0.2) is 56.6 Å². The number of nitro groups is 1. The number of benzene rings is 2. The first kappa shape index (κ1) is 19.8. The molecule has 0 amide bonds. The van der Waals surface area contributed by atoms with Gasteiger partial charge in [0.05, 0.1) is 28.2 Å². The van der Waals surface area contributed by atoms with Crippen LogP contribution in [0, 0.1) is 10.1 Å². The molecule has 1 N–H and O–H groups in total. The third-order valence-electron chi connectivity index (χ3n) is 3.63. The molecule has 0 fully saturated rings. The van der Waals surface area contributed by atoms with Gasteiger partial charge in [0.15, 0.2) is 0 Å². The van der Waals surface area contributed by atoms with Crippen molar-refractivity contribution in [2.24, 2.45) is 0 Å². The number of anilines is 1. The Morgan fingerprint density at radius 3 is 2.12 bits per heavy atom. The summed E-state index contributed by atoms with van der Waals surface area (Å²) in [6.45, 7) is 0.153. The second-order valence-corrected chi connectivity index (χ2v) is 7.90. The Morgan fingerprint density at radius 2 is 1.62 bits per heavy atom. The normalized spacial score (nSPS) is 12.8. The van der Waals surface area contributed by atoms with E-state index in [1.54, 1.807) is 49.3 Å². The zero-order chi connectivity index (χ0) is 19.3. The third kappa shape index (κ3) is 4.78. The maximum atomic E-state index is 13.1. The first-order valence-electron chi connectivity index (χ1n) is 7.87. The summed E-state index contributed by atoms with van der Waals surface area (Å²) in [6, 6.07) is 13.1. The summed E-state index contributed by atoms with van der Waals surface area (Å²) in [7, 11) is -0.438. The predicted octanol–water partition coefficient (Wildman–Crippen LogP) is 1.71. The number of likely N-dealkylation sites (N-methyl/N-ethyl adjacent to an activating group) is 1. The molecule has 0 aliphatic rings. The van der Waals surface area contributed by atoms with Crippen LogP contribution in [-0.2, 0) is 10.0 Å². The number of hydrogen-bond donors (Lipinski definition) is 1. The van der Waals surface area contributed by atoms with Gasteiger partial charge >= 0.3 is 0 Å². The minimum absolute atomic E-state index is 0.0796. The Morgan fingerprint density at radius 1 is 1.04 bits per heavy atom. The largest absolute Gasteiger partial charge is 0.390 e. The molecule has 140 valence electrons. The van der Waals surface area contributed by atoms with Crippen molar-refractivity contribution in [3.8, 4) is 0 Å². The lowest BCUT2D eigenvalue weighted by Crippen LogP contribution is -2.41. The Balaban J connectivity index is 2.40. The number of rotatable bonds is 8. The first-order valence-corrected chi connectivity index (χ1v) is 9.31. The molecule has 0 heterocycles. The van der Waals surface area contributed by atoms with Gasteiger partial charge in [-0.1, -0.05) is 18.2 Å². The molecule has 0 aromatic heterocycles. The average Bonchev–Trinajstić information content (AvgIpc) is 2.59. The van der Waals surface area contributed by atoms with Crippen molar-refractivity contribution < 1.29 is 18.4 Å². The summed E-state index contributed by atoms with van der Waals surface area (Å²) < 4.78 is 27.2. The molecule has 26 heavy (non-hydrogen) atoms. The number of non-ortho nitro benzene ring substituents is 1. The van der Waals surface area contributed by atoms with Crippen LogP contribution in [0.15, 0.2) is 59.5 Å². The highest BCUT2D eigenvalue weighted by Crippen LogP contribution is 2.25. The molecule has 2 aromatic rings. The number of nitro benzene ring substituents is 1. The lowest BCUT2D eigenvalue weighted by Gasteiger charge is -2.28. The number of sulfonamides is 1. The first-order chi connectivity index (χ1) is 12.2. The van der Waals surface area contributed by atoms with Gasteiger partial charge in [-0.25, -0.2) is 8.42 Å². The summed E-state index contributed by atoms with van der Waals surface area (Å²) in [4.78, 5) is 11.9. The summed E-state index contributed by atoms with van der Waals surface area (Å²) in [5.41, 5.74) is 0.214. The predicted molar refractivity (Wildman–Crippen MR) is 98.6 cm³/mol. The Bertz CT molecular complexity index is 838. The standard InChI is InChI=1S/C17H21N3O5S/c1-18(2)12-16(21)13-19(14-6-4-3-5-7-14)26(24,25)17-10-8-15(9-11-17)20(22)23/h3-11,16,21H,12-13H2,1-2H3. The van der Waals surface area contributed by atoms with Gasteiger partial charge < -0.3 is 10.0 Å². The van der Waals surface area contributed by atoms with E-state index in [0.29, 0.717) is 12.2 Å². The zero-order valence-electron chi connectivity index (χ0n) is 14.5. The number of aliphatic hydroxyl groups is 1. The SMILES string of the molecule is CN(C)CC(O)CN(c1ccccc1)S(=O)(=O)c1ccc([N+](=O)[O-])cc1. The zero-order valence-corrected chi connectivity index (χ0v) is 15.3. The van der Waals surface area contributed by atoms with Crippen LogP contribution in [0.2, 0.25) is 0 Å². The number of hydrogen-bond acceptors (Lipinski definition) is 6. The van der Waals surface area contributed by atoms with Gasteiger partial charge in [-0.3, -0.25) is 14.4 Å². The van der Waals surface area contributed by atoms with Crippen molar-refractivity contribution in [3.05, 3.63) is 64.7 Å². The van der Waals surface area contributed by atoms with E-state index in [2.05, 4.69) is 0 Å². The average molecular weight is 379 g/mol. The van der Waals surface area contributed by atoms with Gasteiger partial charge in [0.2, 0.25) is 0 Å². The van der Waals surface area contributed by atoms with Gasteiger partial charge in [0, 0.05) is 18.7 Å². The van der Waals surface area contributed by atoms with E-state index in [4.69, 9.17) is 0 Å². The lowest BCUT2D eigenvalue weighted by molar-refractivity contribution is -0.384. The molecule has 0 spiro atoms. The van der Waals surface area contributed by atoms with Crippen molar-refractivity contribution in [2.75, 3.05) is 31.5 Å². The molecule has 0 aliphatic heterocycles. The fourth-order valence-electron chi connectivity index (χ4n) is 2.47. The van der Waals surface area contributed by atoms with Crippen LogP contribution in [0.3, 0.4) is 0 Å². The van der Waals surface area contributed by atoms with Crippen molar-refractivity contribution in [2.45, 2.75) is 11.0 Å². The van der Waals surface area contributed by atoms with E-state index in [0.717, 1.165) is 16.4 Å². The van der Waals surface area contributed by atoms with Crippen LogP contribution in [0.25, 0.3) is 0 Å². The van der Waals surface area contributed by atoms with Gasteiger partial charge in [-0.15, -0.1) is 0 Å². The third-order valence-corrected chi connectivity index (χ3v) is 5.44. The quantitative estimate of drug-likeness (QED) is 0.553. The van der Waals surface area contributed by atoms with Gasteiger partial charge in [0.1, 0.15) is 0 Å². The van der Waals surface area contributed by atoms with E-state index in [1.807, 2.05) is 0 Å². The van der Waals surface area contributed by atoms with Gasteiger partial charge in [0.25, 0.3) is 15.7 Å². The number of para-hydroxylation sites is 1. The van der Waals surface area contributed by atoms with E-state index >= 15 is 0 Å². The lowest BCUT2D eigenvalue weighted by atomic mass is 10.3. The highest BCUT2D eigenvalue weighted by Gasteiger charge is 2.27. The number of nitrogens with zero attached hydrogens (tertiary/aromatic N) is 3. The van der Waals surface area contributed by atoms with Crippen LogP contribution in [0.1, 0.15) is 0 Å². The highest BCUT2D eigenvalue weighted by atomic mass is 32.2. The monoisotopic (exact) mass is 379 g/mol. The van der Waals surface area contributed by atoms with Crippen LogP contribution in [0.5, 0.6) is 0 Å². The van der Waals surface area contributed by atoms with Crippen molar-refractivity contribution in [3.63, 3.8) is 0 Å². The maximum Gasteiger partial charge on any atom is 0.269 e. The molecule has 0 bridgehead atoms. The van der Waals surface area contributed by atoms with Crippen molar-refractivity contribution in [1.82, 2.24) is 4.90 Å². The Labute approximate surface area is 152 Å². The Kier molecular flexibility index (Phi) is 6.30. The molecule has 2 aromatic carbocycles. The fraction of sp³-hybridized carbons (Fsp3) is 0.294. The maximum absolute atomic E-state index is 13.1. The smallest absolute Gasteiger partial charge is 0.269 e. The molecule has 9 heteroatoms. The molecular formula is C17H21N3O5S. The van der Waals surface area contributed by atoms with Crippen LogP contribution >= 0.6 is 0 Å². The molecule has 0 radical (unpaired) electrons. The summed E-state index contributed by atoms with van der Waals surface area (Å²) in [5.74, 6) is 0. The Hall–Kier alpha value is -2.49. The summed E-state index contributed by atoms with van der Waals surface area (Å²) >= 11 is 0.